The maximum Gasteiger partial charge on any atom is 0.350 e. The van der Waals surface area contributed by atoms with Crippen molar-refractivity contribution in [3.63, 3.8) is 0 Å². The molecule has 0 aromatic carbocycles. The lowest BCUT2D eigenvalue weighted by Gasteiger charge is -2.50. The molecule has 2 aliphatic heterocycles. The summed E-state index contributed by atoms with van der Waals surface area (Å²) < 4.78 is 3.49. The van der Waals surface area contributed by atoms with Crippen LogP contribution >= 0.6 is 23.1 Å². The Labute approximate surface area is 240 Å². The lowest BCUT2D eigenvalue weighted by molar-refractivity contribution is -0.662. The Bertz CT molecular complexity index is 1660. The molecule has 15 nitrogen and oxygen atoms in total. The van der Waals surface area contributed by atoms with E-state index in [0.29, 0.717) is 5.57 Å². The molecule has 214 valence electrons. The molecule has 5 rings (SSSR count). The Morgan fingerprint density at radius 2 is 2.12 bits per heavy atom. The minimum absolute atomic E-state index is 0.0187. The first-order valence-corrected chi connectivity index (χ1v) is 14.0. The van der Waals surface area contributed by atoms with Gasteiger partial charge in [0.2, 0.25) is 5.60 Å². The maximum absolute atomic E-state index is 13.2. The van der Waals surface area contributed by atoms with Gasteiger partial charge in [-0.25, -0.2) is 14.3 Å². The number of aromatic nitrogens is 4. The molecule has 0 saturated carbocycles. The SMILES string of the molecule is Cc1ccc2n(cc[n+]2CC2=C(C(=O)[O-])N3C(=O)[C@@H](NC(=O)/C(=N\OC(C)(C)C(=O)O)c4csc(N)n4)[C@H]3SC2)n1. The summed E-state index contributed by atoms with van der Waals surface area (Å²) in [7, 11) is 0. The number of carbonyl (C=O) groups excluding carboxylic acids is 3. The number of fused-ring (bicyclic) bond motifs is 2. The van der Waals surface area contributed by atoms with Crippen molar-refractivity contribution in [3.8, 4) is 0 Å². The standard InChI is InChI=1S/C24H24N8O7S2/c1-11-4-5-14-30(6-7-31(14)28-11)8-12-9-40-20-16(19(34)32(20)17(12)21(35)36)27-18(33)15(13-10-41-23(25)26-13)29-39-24(2,3)22(37)38/h4-7,10,16,20H,8-9H2,1-3H3,(H4-,25,26,27,33,35,36,37,38)/b29-15-/t16-,20-/m1/s1. The van der Waals surface area contributed by atoms with E-state index in [-0.39, 0.29) is 28.8 Å². The van der Waals surface area contributed by atoms with Crippen molar-refractivity contribution in [2.24, 2.45) is 5.16 Å². The molecular formula is C24H24N8O7S2. The number of aryl methyl sites for hydroxylation is 1. The van der Waals surface area contributed by atoms with Gasteiger partial charge in [0.1, 0.15) is 29.9 Å². The number of nitrogens with two attached hydrogens (primary N) is 1. The average molecular weight is 601 g/mol. The summed E-state index contributed by atoms with van der Waals surface area (Å²) in [5, 5.41) is 33.0. The number of aliphatic carboxylic acids is 2. The maximum atomic E-state index is 13.2. The fourth-order valence-corrected chi connectivity index (χ4v) is 6.11. The fraction of sp³-hybridized carbons (Fsp3) is 0.333. The number of nitrogens with zero attached hydrogens (tertiary/aromatic N) is 6. The van der Waals surface area contributed by atoms with Crippen molar-refractivity contribution >= 4 is 63.3 Å². The van der Waals surface area contributed by atoms with E-state index in [9.17, 15) is 29.4 Å². The van der Waals surface area contributed by atoms with Crippen LogP contribution in [0, 0.1) is 6.92 Å². The third-order valence-corrected chi connectivity index (χ3v) is 8.42. The van der Waals surface area contributed by atoms with Crippen molar-refractivity contribution in [1.29, 1.82) is 0 Å². The summed E-state index contributed by atoms with van der Waals surface area (Å²) in [6, 6.07) is 2.60. The number of amides is 2. The zero-order valence-electron chi connectivity index (χ0n) is 21.9. The molecule has 3 aromatic heterocycles. The third-order valence-electron chi connectivity index (χ3n) is 6.40. The van der Waals surface area contributed by atoms with Gasteiger partial charge < -0.3 is 30.9 Å². The topological polar surface area (TPSA) is 209 Å². The Kier molecular flexibility index (Phi) is 7.16. The largest absolute Gasteiger partial charge is 0.543 e. The Morgan fingerprint density at radius 3 is 2.78 bits per heavy atom. The summed E-state index contributed by atoms with van der Waals surface area (Å²) in [6.45, 7) is 4.53. The van der Waals surface area contributed by atoms with E-state index in [1.54, 1.807) is 16.9 Å². The monoisotopic (exact) mass is 600 g/mol. The third kappa shape index (κ3) is 5.20. The van der Waals surface area contributed by atoms with E-state index in [0.717, 1.165) is 27.6 Å². The van der Waals surface area contributed by atoms with Gasteiger partial charge in [-0.1, -0.05) is 10.3 Å². The summed E-state index contributed by atoms with van der Waals surface area (Å²) in [6.07, 6.45) is 3.51. The first kappa shape index (κ1) is 28.0. The first-order valence-electron chi connectivity index (χ1n) is 12.1. The molecule has 17 heteroatoms. The van der Waals surface area contributed by atoms with Crippen LogP contribution in [-0.2, 0) is 30.6 Å². The van der Waals surface area contributed by atoms with Gasteiger partial charge in [-0.15, -0.1) is 27.6 Å². The summed E-state index contributed by atoms with van der Waals surface area (Å²) in [4.78, 5) is 60.3. The molecule has 4 N–H and O–H groups in total. The van der Waals surface area contributed by atoms with Gasteiger partial charge in [-0.3, -0.25) is 14.5 Å². The highest BCUT2D eigenvalue weighted by atomic mass is 32.2. The van der Waals surface area contributed by atoms with Gasteiger partial charge in [0.05, 0.1) is 17.4 Å². The van der Waals surface area contributed by atoms with E-state index in [1.165, 1.54) is 31.0 Å². The van der Waals surface area contributed by atoms with Crippen LogP contribution in [0.1, 0.15) is 25.2 Å². The second kappa shape index (κ2) is 10.5. The van der Waals surface area contributed by atoms with Crippen LogP contribution in [0.3, 0.4) is 0 Å². The Hall–Kier alpha value is -4.51. The average Bonchev–Trinajstić information content (AvgIpc) is 3.52. The number of nitrogen functional groups attached to an aromatic ring is 1. The highest BCUT2D eigenvalue weighted by molar-refractivity contribution is 8.00. The van der Waals surface area contributed by atoms with Gasteiger partial charge >= 0.3 is 11.6 Å². The molecule has 1 saturated heterocycles. The molecule has 2 amide bonds. The molecule has 2 aliphatic rings. The van der Waals surface area contributed by atoms with Crippen LogP contribution in [0.4, 0.5) is 5.13 Å². The minimum atomic E-state index is -1.77. The highest BCUT2D eigenvalue weighted by Gasteiger charge is 2.53. The van der Waals surface area contributed by atoms with Gasteiger partial charge in [0, 0.05) is 22.8 Å². The van der Waals surface area contributed by atoms with Crippen LogP contribution in [0.2, 0.25) is 0 Å². The van der Waals surface area contributed by atoms with Gasteiger partial charge in [0.15, 0.2) is 17.0 Å². The van der Waals surface area contributed by atoms with E-state index in [2.05, 4.69) is 20.6 Å². The number of anilines is 1. The zero-order valence-corrected chi connectivity index (χ0v) is 23.6. The fourth-order valence-electron chi connectivity index (χ4n) is 4.22. The molecule has 0 aliphatic carbocycles. The van der Waals surface area contributed by atoms with E-state index in [1.807, 2.05) is 23.6 Å². The van der Waals surface area contributed by atoms with Gasteiger partial charge in [-0.05, 0) is 26.8 Å². The number of β-lactam (4-membered cyclic amide) rings is 1. The van der Waals surface area contributed by atoms with Crippen LogP contribution in [0.5, 0.6) is 0 Å². The predicted molar refractivity (Wildman–Crippen MR) is 143 cm³/mol. The first-order chi connectivity index (χ1) is 19.4. The molecule has 0 spiro atoms. The van der Waals surface area contributed by atoms with E-state index >= 15 is 0 Å². The van der Waals surface area contributed by atoms with E-state index < -0.39 is 46.5 Å². The molecule has 3 aromatic rings. The molecule has 1 fully saturated rings. The number of hydrogen-bond donors (Lipinski definition) is 3. The number of carbonyl (C=O) groups is 4. The Morgan fingerprint density at radius 1 is 1.37 bits per heavy atom. The zero-order chi connectivity index (χ0) is 29.6. The van der Waals surface area contributed by atoms with Crippen molar-refractivity contribution in [2.45, 2.75) is 44.3 Å². The summed E-state index contributed by atoms with van der Waals surface area (Å²) in [5.41, 5.74) is 5.31. The van der Waals surface area contributed by atoms with Crippen LogP contribution in [0.15, 0.2) is 46.3 Å². The number of oxime groups is 1. The molecule has 0 radical (unpaired) electrons. The van der Waals surface area contributed by atoms with Crippen molar-refractivity contribution in [2.75, 3.05) is 11.5 Å². The lowest BCUT2D eigenvalue weighted by atomic mass is 10.0. The van der Waals surface area contributed by atoms with Crippen molar-refractivity contribution in [1.82, 2.24) is 24.8 Å². The molecule has 0 unspecified atom stereocenters. The van der Waals surface area contributed by atoms with Crippen LogP contribution in [-0.4, -0.2) is 76.8 Å². The van der Waals surface area contributed by atoms with Gasteiger partial charge in [0.25, 0.3) is 11.8 Å². The second-order valence-electron chi connectivity index (χ2n) is 9.72. The number of carboxylic acid groups (broad SMARTS) is 2. The lowest BCUT2D eigenvalue weighted by Crippen LogP contribution is -2.71. The number of carboxylic acids is 2. The molecule has 0 bridgehead atoms. The number of thioether (sulfide) groups is 1. The number of imidazole rings is 1. The Balaban J connectivity index is 1.37. The van der Waals surface area contributed by atoms with E-state index in [4.69, 9.17) is 10.6 Å². The van der Waals surface area contributed by atoms with Crippen LogP contribution in [0.25, 0.3) is 5.65 Å². The van der Waals surface area contributed by atoms with Crippen LogP contribution < -0.4 is 20.7 Å². The number of nitrogens with one attached hydrogen (secondary N) is 1. The number of rotatable bonds is 9. The normalized spacial score (nSPS) is 19.1. The minimum Gasteiger partial charge on any atom is -0.543 e. The quantitative estimate of drug-likeness (QED) is 0.113. The van der Waals surface area contributed by atoms with Crippen molar-refractivity contribution in [3.05, 3.63) is 52.6 Å². The summed E-state index contributed by atoms with van der Waals surface area (Å²) in [5.74, 6) is -4.10. The predicted octanol–water partition coefficient (Wildman–Crippen LogP) is -1.34. The van der Waals surface area contributed by atoms with Crippen molar-refractivity contribution < 1.29 is 38.8 Å². The smallest absolute Gasteiger partial charge is 0.350 e. The van der Waals surface area contributed by atoms with Gasteiger partial charge in [-0.2, -0.15) is 0 Å². The second-order valence-corrected chi connectivity index (χ2v) is 11.7. The number of thiazole rings is 1. The highest BCUT2D eigenvalue weighted by Crippen LogP contribution is 2.40. The molecule has 5 heterocycles. The molecule has 2 atom stereocenters. The molecular weight excluding hydrogens is 576 g/mol. The molecule has 41 heavy (non-hydrogen) atoms. The number of hydrogen-bond acceptors (Lipinski definition) is 12. The summed E-state index contributed by atoms with van der Waals surface area (Å²) >= 11 is 2.30.